The molecule has 0 radical (unpaired) electrons. The van der Waals surface area contributed by atoms with E-state index >= 15 is 0 Å². The number of esters is 1. The number of carbonyl (C=O) groups is 2. The molecule has 0 N–H and O–H groups in total. The summed E-state index contributed by atoms with van der Waals surface area (Å²) in [6.45, 7) is 2.75. The highest BCUT2D eigenvalue weighted by Gasteiger charge is 2.27. The van der Waals surface area contributed by atoms with Crippen molar-refractivity contribution in [1.29, 1.82) is 0 Å². The van der Waals surface area contributed by atoms with Gasteiger partial charge in [0.05, 0.1) is 24.4 Å². The van der Waals surface area contributed by atoms with Gasteiger partial charge in [0, 0.05) is 18.3 Å². The van der Waals surface area contributed by atoms with Gasteiger partial charge in [-0.2, -0.15) is 0 Å². The Hall–Kier alpha value is -1.62. The Morgan fingerprint density at radius 2 is 2.05 bits per heavy atom. The zero-order valence-corrected chi connectivity index (χ0v) is 12.4. The van der Waals surface area contributed by atoms with E-state index in [4.69, 9.17) is 4.74 Å². The average molecular weight is 278 g/mol. The lowest BCUT2D eigenvalue weighted by molar-refractivity contribution is 0.0523. The number of ether oxygens (including phenoxy) is 1. The molecule has 1 heterocycles. The van der Waals surface area contributed by atoms with Gasteiger partial charge in [-0.25, -0.2) is 4.79 Å². The molecule has 0 spiro atoms. The second-order valence-corrected chi connectivity index (χ2v) is 5.41. The van der Waals surface area contributed by atoms with Gasteiger partial charge < -0.3 is 9.30 Å². The van der Waals surface area contributed by atoms with Gasteiger partial charge in [-0.3, -0.25) is 9.69 Å². The summed E-state index contributed by atoms with van der Waals surface area (Å²) in [5.74, 6) is -0.324. The van der Waals surface area contributed by atoms with Crippen LogP contribution in [0.3, 0.4) is 0 Å². The zero-order chi connectivity index (χ0) is 14.7. The fourth-order valence-corrected chi connectivity index (χ4v) is 2.67. The molecular weight excluding hydrogens is 256 g/mol. The van der Waals surface area contributed by atoms with E-state index in [2.05, 4.69) is 0 Å². The number of aromatic nitrogens is 1. The molecule has 0 aliphatic heterocycles. The smallest absolute Gasteiger partial charge is 0.340 e. The maximum atomic E-state index is 12.3. The molecular formula is C15H22N2O3. The Bertz CT molecular complexity index is 517. The molecule has 1 aromatic heterocycles. The van der Waals surface area contributed by atoms with E-state index in [1.807, 2.05) is 23.6 Å². The molecule has 110 valence electrons. The highest BCUT2D eigenvalue weighted by molar-refractivity contribution is 6.07. The highest BCUT2D eigenvalue weighted by Crippen LogP contribution is 2.26. The highest BCUT2D eigenvalue weighted by atomic mass is 16.5. The summed E-state index contributed by atoms with van der Waals surface area (Å²) in [5, 5.41) is 0. The first-order valence-electron chi connectivity index (χ1n) is 7.11. The van der Waals surface area contributed by atoms with Crippen LogP contribution in [-0.2, 0) is 17.8 Å². The van der Waals surface area contributed by atoms with Crippen LogP contribution in [0.15, 0.2) is 6.20 Å². The first-order chi connectivity index (χ1) is 9.54. The van der Waals surface area contributed by atoms with Gasteiger partial charge in [-0.15, -0.1) is 0 Å². The number of hydrogen-bond acceptors (Lipinski definition) is 4. The summed E-state index contributed by atoms with van der Waals surface area (Å²) in [4.78, 5) is 26.4. The van der Waals surface area contributed by atoms with Crippen molar-refractivity contribution in [2.24, 2.45) is 0 Å². The SMILES string of the molecule is CCOC(=O)c1cn(CN(C)C)c2c1C(=O)CCCC2. The fraction of sp³-hybridized carbons (Fsp3) is 0.600. The number of rotatable bonds is 4. The molecule has 1 aromatic rings. The van der Waals surface area contributed by atoms with Crippen molar-refractivity contribution in [2.45, 2.75) is 39.3 Å². The van der Waals surface area contributed by atoms with E-state index < -0.39 is 5.97 Å². The van der Waals surface area contributed by atoms with Crippen molar-refractivity contribution in [3.63, 3.8) is 0 Å². The Kier molecular flexibility index (Phi) is 4.60. The van der Waals surface area contributed by atoms with Crippen LogP contribution in [0.2, 0.25) is 0 Å². The molecule has 20 heavy (non-hydrogen) atoms. The molecule has 5 nitrogen and oxygen atoms in total. The van der Waals surface area contributed by atoms with Crippen LogP contribution in [0.5, 0.6) is 0 Å². The zero-order valence-electron chi connectivity index (χ0n) is 12.4. The fourth-order valence-electron chi connectivity index (χ4n) is 2.67. The van der Waals surface area contributed by atoms with E-state index in [0.717, 1.165) is 25.0 Å². The minimum absolute atomic E-state index is 0.0676. The van der Waals surface area contributed by atoms with Gasteiger partial charge >= 0.3 is 5.97 Å². The lowest BCUT2D eigenvalue weighted by Crippen LogP contribution is -2.18. The summed E-state index contributed by atoms with van der Waals surface area (Å²) in [6.07, 6.45) is 5.00. The summed E-state index contributed by atoms with van der Waals surface area (Å²) < 4.78 is 7.09. The van der Waals surface area contributed by atoms with Crippen LogP contribution in [0.1, 0.15) is 52.6 Å². The minimum Gasteiger partial charge on any atom is -0.462 e. The number of nitrogens with zero attached hydrogens (tertiary/aromatic N) is 2. The van der Waals surface area contributed by atoms with E-state index in [9.17, 15) is 9.59 Å². The topological polar surface area (TPSA) is 51.5 Å². The summed E-state index contributed by atoms with van der Waals surface area (Å²) >= 11 is 0. The van der Waals surface area contributed by atoms with Gasteiger partial charge in [0.15, 0.2) is 5.78 Å². The van der Waals surface area contributed by atoms with Crippen LogP contribution in [0, 0.1) is 0 Å². The van der Waals surface area contributed by atoms with E-state index in [-0.39, 0.29) is 5.78 Å². The Balaban J connectivity index is 2.48. The average Bonchev–Trinajstić information content (AvgIpc) is 2.61. The maximum absolute atomic E-state index is 12.3. The minimum atomic E-state index is -0.392. The monoisotopic (exact) mass is 278 g/mol. The van der Waals surface area contributed by atoms with Crippen molar-refractivity contribution in [1.82, 2.24) is 9.47 Å². The van der Waals surface area contributed by atoms with Crippen molar-refractivity contribution >= 4 is 11.8 Å². The Labute approximate surface area is 119 Å². The van der Waals surface area contributed by atoms with Gasteiger partial charge in [-0.05, 0) is 40.3 Å². The Morgan fingerprint density at radius 3 is 2.70 bits per heavy atom. The first kappa shape index (κ1) is 14.8. The molecule has 0 bridgehead atoms. The van der Waals surface area contributed by atoms with Crippen LogP contribution >= 0.6 is 0 Å². The molecule has 1 aliphatic carbocycles. The second-order valence-electron chi connectivity index (χ2n) is 5.41. The third kappa shape index (κ3) is 2.93. The van der Waals surface area contributed by atoms with Crippen LogP contribution in [0.4, 0.5) is 0 Å². The summed E-state index contributed by atoms with van der Waals surface area (Å²) in [7, 11) is 3.93. The molecule has 5 heteroatoms. The molecule has 2 rings (SSSR count). The second kappa shape index (κ2) is 6.22. The van der Waals surface area contributed by atoms with E-state index in [0.29, 0.717) is 30.8 Å². The molecule has 0 amide bonds. The number of carbonyl (C=O) groups excluding carboxylic acids is 2. The normalized spacial score (nSPS) is 15.1. The third-order valence-electron chi connectivity index (χ3n) is 3.47. The molecule has 0 unspecified atom stereocenters. The van der Waals surface area contributed by atoms with E-state index in [1.54, 1.807) is 13.1 Å². The van der Waals surface area contributed by atoms with Gasteiger partial charge in [0.1, 0.15) is 0 Å². The van der Waals surface area contributed by atoms with Crippen molar-refractivity contribution in [2.75, 3.05) is 20.7 Å². The quantitative estimate of drug-likeness (QED) is 0.625. The number of fused-ring (bicyclic) bond motifs is 1. The van der Waals surface area contributed by atoms with Crippen molar-refractivity contribution in [3.8, 4) is 0 Å². The lowest BCUT2D eigenvalue weighted by Gasteiger charge is -2.14. The van der Waals surface area contributed by atoms with Gasteiger partial charge in [0.2, 0.25) is 0 Å². The van der Waals surface area contributed by atoms with Crippen LogP contribution in [-0.4, -0.2) is 41.9 Å². The Morgan fingerprint density at radius 1 is 1.35 bits per heavy atom. The molecule has 0 atom stereocenters. The largest absolute Gasteiger partial charge is 0.462 e. The molecule has 0 aromatic carbocycles. The number of Topliss-reactive ketones (excluding diaryl/α,β-unsaturated/α-hetero) is 1. The van der Waals surface area contributed by atoms with E-state index in [1.165, 1.54) is 0 Å². The number of ketones is 1. The molecule has 1 aliphatic rings. The summed E-state index contributed by atoms with van der Waals surface area (Å²) in [6, 6.07) is 0. The van der Waals surface area contributed by atoms with Crippen LogP contribution in [0.25, 0.3) is 0 Å². The lowest BCUT2D eigenvalue weighted by atomic mass is 10.1. The summed E-state index contributed by atoms with van der Waals surface area (Å²) in [5.41, 5.74) is 1.99. The predicted molar refractivity (Wildman–Crippen MR) is 76.0 cm³/mol. The van der Waals surface area contributed by atoms with Crippen LogP contribution < -0.4 is 0 Å². The maximum Gasteiger partial charge on any atom is 0.340 e. The third-order valence-corrected chi connectivity index (χ3v) is 3.47. The van der Waals surface area contributed by atoms with Crippen molar-refractivity contribution < 1.29 is 14.3 Å². The predicted octanol–water partition coefficient (Wildman–Crippen LogP) is 2.09. The van der Waals surface area contributed by atoms with Gasteiger partial charge in [-0.1, -0.05) is 0 Å². The standard InChI is InChI=1S/C15H22N2O3/c1-4-20-15(19)11-9-17(10-16(2)3)12-7-5-6-8-13(18)14(11)12/h9H,4-8,10H2,1-3H3. The number of hydrogen-bond donors (Lipinski definition) is 0. The molecule has 0 saturated heterocycles. The van der Waals surface area contributed by atoms with Gasteiger partial charge in [0.25, 0.3) is 0 Å². The van der Waals surface area contributed by atoms with Crippen molar-refractivity contribution in [3.05, 3.63) is 23.0 Å². The molecule has 0 saturated carbocycles. The molecule has 0 fully saturated rings. The first-order valence-corrected chi connectivity index (χ1v) is 7.11.